The molecule has 0 spiro atoms. The Labute approximate surface area is 123 Å². The van der Waals surface area contributed by atoms with Gasteiger partial charge >= 0.3 is 0 Å². The lowest BCUT2D eigenvalue weighted by atomic mass is 10.1. The van der Waals surface area contributed by atoms with Crippen molar-refractivity contribution >= 4 is 22.7 Å². The first-order valence-corrected chi connectivity index (χ1v) is 8.50. The number of aryl methyl sites for hydroxylation is 1. The van der Waals surface area contributed by atoms with Gasteiger partial charge in [0.05, 0.1) is 11.7 Å². The average Bonchev–Trinajstić information content (AvgIpc) is 2.94. The summed E-state index contributed by atoms with van der Waals surface area (Å²) in [5.41, 5.74) is 2.55. The molecule has 2 rings (SSSR count). The molecule has 19 heavy (non-hydrogen) atoms. The second-order valence-corrected chi connectivity index (χ2v) is 7.32. The van der Waals surface area contributed by atoms with Gasteiger partial charge in [0.25, 0.3) is 0 Å². The fraction of sp³-hybridized carbons (Fsp3) is 0.533. The minimum atomic E-state index is 0.234. The molecule has 2 nitrogen and oxygen atoms in total. The molecule has 0 fully saturated rings. The Kier molecular flexibility index (Phi) is 4.76. The highest BCUT2D eigenvalue weighted by Crippen LogP contribution is 2.32. The van der Waals surface area contributed by atoms with Crippen molar-refractivity contribution in [1.82, 2.24) is 10.3 Å². The third-order valence-corrected chi connectivity index (χ3v) is 5.05. The Balaban J connectivity index is 2.34. The Morgan fingerprint density at radius 3 is 2.37 bits per heavy atom. The Morgan fingerprint density at radius 1 is 1.16 bits per heavy atom. The van der Waals surface area contributed by atoms with Crippen LogP contribution in [0.25, 0.3) is 0 Å². The summed E-state index contributed by atoms with van der Waals surface area (Å²) in [6.07, 6.45) is 0. The first-order valence-electron chi connectivity index (χ1n) is 6.74. The van der Waals surface area contributed by atoms with Gasteiger partial charge in [-0.05, 0) is 43.7 Å². The highest BCUT2D eigenvalue weighted by atomic mass is 32.1. The molecule has 2 aromatic rings. The lowest BCUT2D eigenvalue weighted by Gasteiger charge is -2.19. The quantitative estimate of drug-likeness (QED) is 0.862. The molecule has 4 heteroatoms. The van der Waals surface area contributed by atoms with E-state index >= 15 is 0 Å². The summed E-state index contributed by atoms with van der Waals surface area (Å²) >= 11 is 3.58. The van der Waals surface area contributed by atoms with Crippen molar-refractivity contribution in [3.63, 3.8) is 0 Å². The lowest BCUT2D eigenvalue weighted by Crippen LogP contribution is -2.28. The van der Waals surface area contributed by atoms with E-state index in [9.17, 15) is 0 Å². The molecule has 0 radical (unpaired) electrons. The molecule has 104 valence electrons. The van der Waals surface area contributed by atoms with Gasteiger partial charge < -0.3 is 5.32 Å². The summed E-state index contributed by atoms with van der Waals surface area (Å²) in [5, 5.41) is 9.19. The van der Waals surface area contributed by atoms with Crippen LogP contribution in [0.2, 0.25) is 0 Å². The van der Waals surface area contributed by atoms with Gasteiger partial charge in [-0.25, -0.2) is 4.98 Å². The smallest absolute Gasteiger partial charge is 0.115 e. The van der Waals surface area contributed by atoms with Crippen molar-refractivity contribution in [2.75, 3.05) is 0 Å². The predicted molar refractivity (Wildman–Crippen MR) is 85.4 cm³/mol. The zero-order valence-electron chi connectivity index (χ0n) is 12.2. The topological polar surface area (TPSA) is 24.9 Å². The number of thiophene rings is 1. The highest BCUT2D eigenvalue weighted by molar-refractivity contribution is 7.11. The standard InChI is InChI=1S/C15H22N2S2/c1-9(2)12-8-19-15(17-12)13(16-10(3)4)14-11(5)6-7-18-14/h6-10,13,16H,1-5H3. The van der Waals surface area contributed by atoms with E-state index in [2.05, 4.69) is 56.8 Å². The lowest BCUT2D eigenvalue weighted by molar-refractivity contribution is 0.530. The summed E-state index contributed by atoms with van der Waals surface area (Å²) in [6.45, 7) is 10.9. The van der Waals surface area contributed by atoms with Crippen LogP contribution in [0.5, 0.6) is 0 Å². The van der Waals surface area contributed by atoms with Crippen molar-refractivity contribution in [2.24, 2.45) is 0 Å². The third kappa shape index (κ3) is 3.44. The van der Waals surface area contributed by atoms with Crippen LogP contribution >= 0.6 is 22.7 Å². The van der Waals surface area contributed by atoms with Gasteiger partial charge in [0.15, 0.2) is 0 Å². The largest absolute Gasteiger partial charge is 0.301 e. The molecule has 1 N–H and O–H groups in total. The summed E-state index contributed by atoms with van der Waals surface area (Å²) in [4.78, 5) is 6.21. The van der Waals surface area contributed by atoms with Gasteiger partial charge in [0.1, 0.15) is 5.01 Å². The fourth-order valence-electron chi connectivity index (χ4n) is 1.97. The molecule has 0 aliphatic rings. The van der Waals surface area contributed by atoms with E-state index in [1.807, 2.05) is 11.3 Å². The van der Waals surface area contributed by atoms with Crippen molar-refractivity contribution in [3.05, 3.63) is 38.0 Å². The average molecular weight is 294 g/mol. The van der Waals surface area contributed by atoms with Crippen LogP contribution in [-0.4, -0.2) is 11.0 Å². The number of aromatic nitrogens is 1. The van der Waals surface area contributed by atoms with Crippen LogP contribution in [0.15, 0.2) is 16.8 Å². The number of hydrogen-bond donors (Lipinski definition) is 1. The number of rotatable bonds is 5. The Morgan fingerprint density at radius 2 is 1.89 bits per heavy atom. The van der Waals surface area contributed by atoms with Gasteiger partial charge in [-0.3, -0.25) is 0 Å². The summed E-state index contributed by atoms with van der Waals surface area (Å²) in [5.74, 6) is 0.495. The maximum atomic E-state index is 4.82. The second-order valence-electron chi connectivity index (χ2n) is 5.49. The van der Waals surface area contributed by atoms with E-state index in [1.165, 1.54) is 21.1 Å². The SMILES string of the molecule is Cc1ccsc1C(NC(C)C)c1nc(C(C)C)cs1. The van der Waals surface area contributed by atoms with Crippen LogP contribution < -0.4 is 5.32 Å². The molecular formula is C15H22N2S2. The first kappa shape index (κ1) is 14.7. The molecule has 0 saturated heterocycles. The van der Waals surface area contributed by atoms with Crippen LogP contribution in [0.1, 0.15) is 60.8 Å². The van der Waals surface area contributed by atoms with Gasteiger partial charge in [-0.15, -0.1) is 22.7 Å². The highest BCUT2D eigenvalue weighted by Gasteiger charge is 2.22. The number of nitrogens with zero attached hydrogens (tertiary/aromatic N) is 1. The van der Waals surface area contributed by atoms with Gasteiger partial charge in [0.2, 0.25) is 0 Å². The summed E-state index contributed by atoms with van der Waals surface area (Å²) < 4.78 is 0. The van der Waals surface area contributed by atoms with Crippen molar-refractivity contribution < 1.29 is 0 Å². The molecule has 0 aromatic carbocycles. The fourth-order valence-corrected chi connectivity index (χ4v) is 4.08. The normalized spacial score (nSPS) is 13.4. The van der Waals surface area contributed by atoms with Gasteiger partial charge in [-0.1, -0.05) is 13.8 Å². The minimum absolute atomic E-state index is 0.234. The molecule has 0 saturated carbocycles. The van der Waals surface area contributed by atoms with E-state index in [0.29, 0.717) is 12.0 Å². The van der Waals surface area contributed by atoms with E-state index in [1.54, 1.807) is 11.3 Å². The maximum absolute atomic E-state index is 4.82. The molecule has 0 aliphatic heterocycles. The number of thiazole rings is 1. The zero-order valence-corrected chi connectivity index (χ0v) is 13.9. The van der Waals surface area contributed by atoms with E-state index < -0.39 is 0 Å². The number of nitrogens with one attached hydrogen (secondary N) is 1. The van der Waals surface area contributed by atoms with Crippen LogP contribution in [-0.2, 0) is 0 Å². The minimum Gasteiger partial charge on any atom is -0.301 e. The Bertz CT molecular complexity index is 526. The number of hydrogen-bond acceptors (Lipinski definition) is 4. The van der Waals surface area contributed by atoms with Crippen LogP contribution in [0, 0.1) is 6.92 Å². The van der Waals surface area contributed by atoms with E-state index in [4.69, 9.17) is 4.98 Å². The molecule has 1 unspecified atom stereocenters. The molecule has 0 aliphatic carbocycles. The predicted octanol–water partition coefficient (Wildman–Crippen LogP) is 4.72. The maximum Gasteiger partial charge on any atom is 0.115 e. The van der Waals surface area contributed by atoms with Crippen molar-refractivity contribution in [3.8, 4) is 0 Å². The molecule has 1 atom stereocenters. The first-order chi connectivity index (χ1) is 8.99. The molecule has 0 bridgehead atoms. The van der Waals surface area contributed by atoms with Crippen molar-refractivity contribution in [1.29, 1.82) is 0 Å². The molecular weight excluding hydrogens is 272 g/mol. The van der Waals surface area contributed by atoms with E-state index in [-0.39, 0.29) is 6.04 Å². The Hall–Kier alpha value is -0.710. The van der Waals surface area contributed by atoms with Gasteiger partial charge in [0, 0.05) is 16.3 Å². The second kappa shape index (κ2) is 6.16. The molecule has 0 amide bonds. The zero-order chi connectivity index (χ0) is 14.0. The van der Waals surface area contributed by atoms with Gasteiger partial charge in [-0.2, -0.15) is 0 Å². The van der Waals surface area contributed by atoms with Crippen molar-refractivity contribution in [2.45, 2.75) is 52.6 Å². The summed E-state index contributed by atoms with van der Waals surface area (Å²) in [6, 6.07) is 2.86. The summed E-state index contributed by atoms with van der Waals surface area (Å²) in [7, 11) is 0. The van der Waals surface area contributed by atoms with Crippen LogP contribution in [0.3, 0.4) is 0 Å². The third-order valence-electron chi connectivity index (χ3n) is 3.04. The molecule has 2 heterocycles. The molecule has 2 aromatic heterocycles. The van der Waals surface area contributed by atoms with Crippen LogP contribution in [0.4, 0.5) is 0 Å². The van der Waals surface area contributed by atoms with E-state index in [0.717, 1.165) is 0 Å². The monoisotopic (exact) mass is 294 g/mol.